The number of nitro benzene ring substituents is 1. The van der Waals surface area contributed by atoms with Gasteiger partial charge in [0.1, 0.15) is 11.4 Å². The number of carboxylic acid groups (broad SMARTS) is 1. The highest BCUT2D eigenvalue weighted by molar-refractivity contribution is 5.98. The van der Waals surface area contributed by atoms with Crippen molar-refractivity contribution < 1.29 is 24.0 Å². The average molecular weight is 284 g/mol. The molecule has 0 aliphatic rings. The van der Waals surface area contributed by atoms with Gasteiger partial charge in [-0.15, -0.1) is 0 Å². The smallest absolute Gasteiger partial charge is 0.308 e. The van der Waals surface area contributed by atoms with Crippen LogP contribution in [0.4, 0.5) is 10.1 Å². The van der Waals surface area contributed by atoms with Crippen LogP contribution in [-0.4, -0.2) is 28.5 Å². The van der Waals surface area contributed by atoms with Gasteiger partial charge >= 0.3 is 5.97 Å². The Labute approximate surface area is 113 Å². The Hall–Kier alpha value is -2.51. The summed E-state index contributed by atoms with van der Waals surface area (Å²) in [5.74, 6) is -3.48. The number of carbonyl (C=O) groups excluding carboxylic acids is 1. The number of amides is 1. The monoisotopic (exact) mass is 284 g/mol. The number of hydrogen-bond donors (Lipinski definition) is 2. The number of carboxylic acids is 1. The molecule has 0 saturated carbocycles. The third-order valence-electron chi connectivity index (χ3n) is 2.75. The van der Waals surface area contributed by atoms with Crippen molar-refractivity contribution >= 4 is 17.6 Å². The number of nitro groups is 1. The molecule has 8 heteroatoms. The van der Waals surface area contributed by atoms with Crippen LogP contribution in [-0.2, 0) is 4.79 Å². The van der Waals surface area contributed by atoms with Gasteiger partial charge in [0.25, 0.3) is 11.6 Å². The predicted molar refractivity (Wildman–Crippen MR) is 66.8 cm³/mol. The largest absolute Gasteiger partial charge is 0.481 e. The lowest BCUT2D eigenvalue weighted by Gasteiger charge is -2.11. The van der Waals surface area contributed by atoms with Crippen molar-refractivity contribution in [2.75, 3.05) is 6.54 Å². The van der Waals surface area contributed by atoms with Crippen LogP contribution < -0.4 is 5.32 Å². The molecule has 0 spiro atoms. The van der Waals surface area contributed by atoms with Gasteiger partial charge in [0.05, 0.1) is 16.9 Å². The van der Waals surface area contributed by atoms with Crippen LogP contribution >= 0.6 is 0 Å². The molecule has 1 aromatic carbocycles. The Morgan fingerprint density at radius 1 is 1.50 bits per heavy atom. The summed E-state index contributed by atoms with van der Waals surface area (Å²) in [5, 5.41) is 21.9. The number of hydrogen-bond acceptors (Lipinski definition) is 4. The van der Waals surface area contributed by atoms with Crippen LogP contribution in [0.5, 0.6) is 0 Å². The van der Waals surface area contributed by atoms with E-state index in [1.165, 1.54) is 0 Å². The van der Waals surface area contributed by atoms with Crippen molar-refractivity contribution in [3.63, 3.8) is 0 Å². The van der Waals surface area contributed by atoms with E-state index in [0.717, 1.165) is 12.1 Å². The van der Waals surface area contributed by atoms with Crippen molar-refractivity contribution in [3.8, 4) is 0 Å². The first-order valence-electron chi connectivity index (χ1n) is 5.81. The molecule has 0 aliphatic carbocycles. The molecule has 2 N–H and O–H groups in total. The highest BCUT2D eigenvalue weighted by Crippen LogP contribution is 2.19. The molecule has 0 aliphatic heterocycles. The number of halogens is 1. The fourth-order valence-electron chi connectivity index (χ4n) is 1.57. The molecular weight excluding hydrogens is 271 g/mol. The molecule has 1 amide bonds. The number of nitrogens with zero attached hydrogens (tertiary/aromatic N) is 1. The van der Waals surface area contributed by atoms with E-state index >= 15 is 0 Å². The van der Waals surface area contributed by atoms with Crippen LogP contribution in [0, 0.1) is 21.8 Å². The SMILES string of the molecule is CCC(CNC(=O)c1ccc(F)cc1[N+](=O)[O-])C(=O)O. The summed E-state index contributed by atoms with van der Waals surface area (Å²) in [4.78, 5) is 32.5. The molecule has 7 nitrogen and oxygen atoms in total. The summed E-state index contributed by atoms with van der Waals surface area (Å²) in [7, 11) is 0. The van der Waals surface area contributed by atoms with Gasteiger partial charge in [-0.05, 0) is 18.6 Å². The van der Waals surface area contributed by atoms with Gasteiger partial charge < -0.3 is 10.4 Å². The van der Waals surface area contributed by atoms with Gasteiger partial charge in [-0.25, -0.2) is 4.39 Å². The van der Waals surface area contributed by atoms with Gasteiger partial charge in [0, 0.05) is 6.54 Å². The Morgan fingerprint density at radius 3 is 2.65 bits per heavy atom. The molecule has 1 rings (SSSR count). The second-order valence-electron chi connectivity index (χ2n) is 4.07. The van der Waals surface area contributed by atoms with Crippen molar-refractivity contribution in [1.82, 2.24) is 5.32 Å². The zero-order chi connectivity index (χ0) is 15.3. The van der Waals surface area contributed by atoms with Crippen LogP contribution in [0.15, 0.2) is 18.2 Å². The molecule has 1 aromatic rings. The summed E-state index contributed by atoms with van der Waals surface area (Å²) < 4.78 is 12.9. The van der Waals surface area contributed by atoms with Gasteiger partial charge in [-0.2, -0.15) is 0 Å². The molecule has 0 heterocycles. The zero-order valence-electron chi connectivity index (χ0n) is 10.6. The second-order valence-corrected chi connectivity index (χ2v) is 4.07. The summed E-state index contributed by atoms with van der Waals surface area (Å²) in [6.07, 6.45) is 0.307. The number of aliphatic carboxylic acids is 1. The summed E-state index contributed by atoms with van der Waals surface area (Å²) in [6, 6.07) is 2.56. The van der Waals surface area contributed by atoms with Crippen molar-refractivity contribution in [2.24, 2.45) is 5.92 Å². The molecule has 108 valence electrons. The van der Waals surface area contributed by atoms with E-state index in [9.17, 15) is 24.1 Å². The van der Waals surface area contributed by atoms with Crippen molar-refractivity contribution in [3.05, 3.63) is 39.7 Å². The Kier molecular flexibility index (Phi) is 5.13. The average Bonchev–Trinajstić information content (AvgIpc) is 2.38. The maximum Gasteiger partial charge on any atom is 0.308 e. The van der Waals surface area contributed by atoms with E-state index in [1.807, 2.05) is 0 Å². The van der Waals surface area contributed by atoms with E-state index in [-0.39, 0.29) is 12.1 Å². The molecule has 0 fully saturated rings. The predicted octanol–water partition coefficient (Wildman–Crippen LogP) is 1.57. The lowest BCUT2D eigenvalue weighted by Crippen LogP contribution is -2.33. The first-order chi connectivity index (χ1) is 9.36. The van der Waals surface area contributed by atoms with E-state index in [4.69, 9.17) is 5.11 Å². The maximum absolute atomic E-state index is 12.9. The fraction of sp³-hybridized carbons (Fsp3) is 0.333. The van der Waals surface area contributed by atoms with Crippen LogP contribution in [0.1, 0.15) is 23.7 Å². The highest BCUT2D eigenvalue weighted by atomic mass is 19.1. The third kappa shape index (κ3) is 3.74. The Balaban J connectivity index is 2.88. The Bertz CT molecular complexity index is 547. The number of rotatable bonds is 6. The first kappa shape index (κ1) is 15.5. The maximum atomic E-state index is 12.9. The zero-order valence-corrected chi connectivity index (χ0v) is 10.6. The van der Waals surface area contributed by atoms with Crippen molar-refractivity contribution in [1.29, 1.82) is 0 Å². The van der Waals surface area contributed by atoms with Gasteiger partial charge in [-0.1, -0.05) is 6.92 Å². The quantitative estimate of drug-likeness (QED) is 0.608. The standard InChI is InChI=1S/C12H13FN2O5/c1-2-7(12(17)18)6-14-11(16)9-4-3-8(13)5-10(9)15(19)20/h3-5,7H,2,6H2,1H3,(H,14,16)(H,17,18). The van der Waals surface area contributed by atoms with E-state index < -0.39 is 34.2 Å². The Morgan fingerprint density at radius 2 is 2.15 bits per heavy atom. The van der Waals surface area contributed by atoms with E-state index in [1.54, 1.807) is 6.92 Å². The second kappa shape index (κ2) is 6.60. The molecule has 20 heavy (non-hydrogen) atoms. The van der Waals surface area contributed by atoms with Gasteiger partial charge in [0.15, 0.2) is 0 Å². The minimum atomic E-state index is -1.07. The molecule has 1 unspecified atom stereocenters. The summed E-state index contributed by atoms with van der Waals surface area (Å²) >= 11 is 0. The highest BCUT2D eigenvalue weighted by Gasteiger charge is 2.22. The van der Waals surface area contributed by atoms with E-state index in [0.29, 0.717) is 12.5 Å². The molecule has 0 bridgehead atoms. The molecule has 0 saturated heterocycles. The number of carbonyl (C=O) groups is 2. The minimum Gasteiger partial charge on any atom is -0.481 e. The topological polar surface area (TPSA) is 110 Å². The lowest BCUT2D eigenvalue weighted by molar-refractivity contribution is -0.385. The van der Waals surface area contributed by atoms with E-state index in [2.05, 4.69) is 5.32 Å². The third-order valence-corrected chi connectivity index (χ3v) is 2.75. The van der Waals surface area contributed by atoms with Gasteiger partial charge in [0.2, 0.25) is 0 Å². The normalized spacial score (nSPS) is 11.7. The number of benzene rings is 1. The fourth-order valence-corrected chi connectivity index (χ4v) is 1.57. The van der Waals surface area contributed by atoms with Gasteiger partial charge in [-0.3, -0.25) is 19.7 Å². The van der Waals surface area contributed by atoms with Crippen molar-refractivity contribution in [2.45, 2.75) is 13.3 Å². The summed E-state index contributed by atoms with van der Waals surface area (Å²) in [6.45, 7) is 1.49. The number of nitrogens with one attached hydrogen (secondary N) is 1. The molecular formula is C12H13FN2O5. The molecule has 0 aromatic heterocycles. The minimum absolute atomic E-state index is 0.154. The van der Waals surface area contributed by atoms with Crippen LogP contribution in [0.2, 0.25) is 0 Å². The summed E-state index contributed by atoms with van der Waals surface area (Å²) in [5.41, 5.74) is -0.970. The van der Waals surface area contributed by atoms with Crippen LogP contribution in [0.25, 0.3) is 0 Å². The molecule has 0 radical (unpaired) electrons. The molecule has 1 atom stereocenters. The van der Waals surface area contributed by atoms with Crippen LogP contribution in [0.3, 0.4) is 0 Å². The first-order valence-corrected chi connectivity index (χ1v) is 5.81. The lowest BCUT2D eigenvalue weighted by atomic mass is 10.1.